The fourth-order valence-corrected chi connectivity index (χ4v) is 1.33. The molecular formula is C12H22N2O3. The summed E-state index contributed by atoms with van der Waals surface area (Å²) in [5, 5.41) is 11.6. The molecule has 0 bridgehead atoms. The first kappa shape index (κ1) is 15.6. The number of aliphatic carboxylic acids is 1. The molecule has 1 amide bonds. The molecule has 2 unspecified atom stereocenters. The van der Waals surface area contributed by atoms with Crippen molar-refractivity contribution in [3.05, 3.63) is 12.7 Å². The average Bonchev–Trinajstić information content (AvgIpc) is 2.26. The summed E-state index contributed by atoms with van der Waals surface area (Å²) in [7, 11) is 0. The van der Waals surface area contributed by atoms with E-state index in [1.165, 1.54) is 0 Å². The number of rotatable bonds is 8. The summed E-state index contributed by atoms with van der Waals surface area (Å²) < 4.78 is 0. The molecule has 0 aliphatic heterocycles. The number of amides is 1. The molecular weight excluding hydrogens is 220 g/mol. The maximum atomic E-state index is 11.8. The minimum Gasteiger partial charge on any atom is -0.480 e. The van der Waals surface area contributed by atoms with Crippen molar-refractivity contribution in [2.75, 3.05) is 13.1 Å². The second-order valence-corrected chi connectivity index (χ2v) is 4.11. The van der Waals surface area contributed by atoms with Crippen molar-refractivity contribution in [1.82, 2.24) is 10.2 Å². The van der Waals surface area contributed by atoms with Crippen molar-refractivity contribution in [3.63, 3.8) is 0 Å². The lowest BCUT2D eigenvalue weighted by Crippen LogP contribution is -2.49. The molecule has 0 heterocycles. The molecule has 2 N–H and O–H groups in total. The quantitative estimate of drug-likeness (QED) is 0.619. The normalized spacial score (nSPS) is 14.1. The van der Waals surface area contributed by atoms with Gasteiger partial charge in [-0.05, 0) is 20.3 Å². The maximum absolute atomic E-state index is 11.8. The highest BCUT2D eigenvalue weighted by atomic mass is 16.4. The third kappa shape index (κ3) is 6.06. The summed E-state index contributed by atoms with van der Waals surface area (Å²) in [5.74, 6) is -1.10. The van der Waals surface area contributed by atoms with Crippen LogP contribution in [0.15, 0.2) is 12.7 Å². The molecule has 0 saturated heterocycles. The third-order valence-electron chi connectivity index (χ3n) is 2.63. The van der Waals surface area contributed by atoms with E-state index in [0.717, 1.165) is 6.42 Å². The van der Waals surface area contributed by atoms with Crippen LogP contribution in [0.4, 0.5) is 0 Å². The molecule has 0 rings (SSSR count). The molecule has 5 heteroatoms. The first-order valence-corrected chi connectivity index (χ1v) is 5.79. The van der Waals surface area contributed by atoms with Crippen LogP contribution in [0.3, 0.4) is 0 Å². The monoisotopic (exact) mass is 242 g/mol. The number of nitrogens with zero attached hydrogens (tertiary/aromatic N) is 1. The summed E-state index contributed by atoms with van der Waals surface area (Å²) in [4.78, 5) is 24.1. The number of carboxylic acid groups (broad SMARTS) is 1. The molecule has 0 fully saturated rings. The standard InChI is InChI=1S/C12H22N2O3/c1-5-7-14(8-11(15)16)10(4)12(17)13-9(3)6-2/h5,9-10H,1,6-8H2,2-4H3,(H,13,17)(H,15,16). The Kier molecular flexibility index (Phi) is 7.21. The Hall–Kier alpha value is -1.36. The summed E-state index contributed by atoms with van der Waals surface area (Å²) in [6, 6.07) is -0.376. The predicted octanol–water partition coefficient (Wildman–Crippen LogP) is 0.862. The van der Waals surface area contributed by atoms with E-state index in [-0.39, 0.29) is 18.5 Å². The highest BCUT2D eigenvalue weighted by molar-refractivity contribution is 5.82. The van der Waals surface area contributed by atoms with Crippen molar-refractivity contribution < 1.29 is 14.7 Å². The summed E-state index contributed by atoms with van der Waals surface area (Å²) in [6.07, 6.45) is 2.44. The highest BCUT2D eigenvalue weighted by Crippen LogP contribution is 2.01. The van der Waals surface area contributed by atoms with Crippen molar-refractivity contribution in [2.45, 2.75) is 39.3 Å². The van der Waals surface area contributed by atoms with Gasteiger partial charge in [0.15, 0.2) is 0 Å². The SMILES string of the molecule is C=CCN(CC(=O)O)C(C)C(=O)NC(C)CC. The van der Waals surface area contributed by atoms with Gasteiger partial charge in [0.05, 0.1) is 12.6 Å². The molecule has 5 nitrogen and oxygen atoms in total. The second kappa shape index (κ2) is 7.84. The van der Waals surface area contributed by atoms with E-state index in [0.29, 0.717) is 6.54 Å². The number of carbonyl (C=O) groups excluding carboxylic acids is 1. The van der Waals surface area contributed by atoms with Crippen LogP contribution in [-0.4, -0.2) is 47.1 Å². The zero-order chi connectivity index (χ0) is 13.4. The zero-order valence-electron chi connectivity index (χ0n) is 10.8. The lowest BCUT2D eigenvalue weighted by atomic mass is 10.2. The number of hydrogen-bond acceptors (Lipinski definition) is 3. The van der Waals surface area contributed by atoms with E-state index in [9.17, 15) is 9.59 Å². The van der Waals surface area contributed by atoms with Crippen molar-refractivity contribution in [2.24, 2.45) is 0 Å². The van der Waals surface area contributed by atoms with Crippen LogP contribution in [0.1, 0.15) is 27.2 Å². The molecule has 0 aliphatic carbocycles. The predicted molar refractivity (Wildman–Crippen MR) is 66.8 cm³/mol. The van der Waals surface area contributed by atoms with Gasteiger partial charge in [-0.2, -0.15) is 0 Å². The molecule has 2 atom stereocenters. The number of hydrogen-bond donors (Lipinski definition) is 2. The highest BCUT2D eigenvalue weighted by Gasteiger charge is 2.22. The van der Waals surface area contributed by atoms with Gasteiger partial charge in [-0.15, -0.1) is 6.58 Å². The Balaban J connectivity index is 4.47. The minimum absolute atomic E-state index is 0.0976. The van der Waals surface area contributed by atoms with Crippen LogP contribution in [-0.2, 0) is 9.59 Å². The molecule has 0 spiro atoms. The van der Waals surface area contributed by atoms with E-state index >= 15 is 0 Å². The lowest BCUT2D eigenvalue weighted by Gasteiger charge is -2.26. The summed E-state index contributed by atoms with van der Waals surface area (Å²) in [6.45, 7) is 9.37. The van der Waals surface area contributed by atoms with Gasteiger partial charge < -0.3 is 10.4 Å². The lowest BCUT2D eigenvalue weighted by molar-refractivity contribution is -0.139. The fraction of sp³-hybridized carbons (Fsp3) is 0.667. The van der Waals surface area contributed by atoms with E-state index in [4.69, 9.17) is 5.11 Å². The van der Waals surface area contributed by atoms with E-state index < -0.39 is 12.0 Å². The van der Waals surface area contributed by atoms with Gasteiger partial charge >= 0.3 is 5.97 Å². The van der Waals surface area contributed by atoms with Crippen LogP contribution >= 0.6 is 0 Å². The number of carboxylic acids is 1. The molecule has 0 radical (unpaired) electrons. The number of carbonyl (C=O) groups is 2. The molecule has 0 aliphatic rings. The van der Waals surface area contributed by atoms with Crippen LogP contribution in [0.5, 0.6) is 0 Å². The Morgan fingerprint density at radius 1 is 1.47 bits per heavy atom. The van der Waals surface area contributed by atoms with Crippen LogP contribution < -0.4 is 5.32 Å². The van der Waals surface area contributed by atoms with E-state index in [1.54, 1.807) is 17.9 Å². The van der Waals surface area contributed by atoms with Gasteiger partial charge in [0.1, 0.15) is 0 Å². The first-order chi connectivity index (χ1) is 7.92. The van der Waals surface area contributed by atoms with Gasteiger partial charge in [0.2, 0.25) is 5.91 Å². The van der Waals surface area contributed by atoms with Crippen LogP contribution in [0.25, 0.3) is 0 Å². The molecule has 0 aromatic heterocycles. The molecule has 0 aromatic carbocycles. The van der Waals surface area contributed by atoms with E-state index in [2.05, 4.69) is 11.9 Å². The summed E-state index contributed by atoms with van der Waals surface area (Å²) >= 11 is 0. The number of nitrogens with one attached hydrogen (secondary N) is 1. The third-order valence-corrected chi connectivity index (χ3v) is 2.63. The van der Waals surface area contributed by atoms with Gasteiger partial charge in [0.25, 0.3) is 0 Å². The maximum Gasteiger partial charge on any atom is 0.317 e. The molecule has 98 valence electrons. The molecule has 17 heavy (non-hydrogen) atoms. The Bertz CT molecular complexity index is 279. The van der Waals surface area contributed by atoms with Gasteiger partial charge in [-0.1, -0.05) is 13.0 Å². The zero-order valence-corrected chi connectivity index (χ0v) is 10.8. The Labute approximate surface area is 102 Å². The topological polar surface area (TPSA) is 69.6 Å². The Morgan fingerprint density at radius 2 is 2.06 bits per heavy atom. The second-order valence-electron chi connectivity index (χ2n) is 4.11. The Morgan fingerprint density at radius 3 is 2.47 bits per heavy atom. The van der Waals surface area contributed by atoms with Crippen LogP contribution in [0.2, 0.25) is 0 Å². The van der Waals surface area contributed by atoms with E-state index in [1.807, 2.05) is 13.8 Å². The van der Waals surface area contributed by atoms with Crippen molar-refractivity contribution in [3.8, 4) is 0 Å². The fourth-order valence-electron chi connectivity index (χ4n) is 1.33. The van der Waals surface area contributed by atoms with Crippen molar-refractivity contribution >= 4 is 11.9 Å². The smallest absolute Gasteiger partial charge is 0.317 e. The van der Waals surface area contributed by atoms with Gasteiger partial charge in [-0.3, -0.25) is 14.5 Å². The van der Waals surface area contributed by atoms with Gasteiger partial charge in [-0.25, -0.2) is 0 Å². The molecule has 0 saturated carbocycles. The minimum atomic E-state index is -0.949. The van der Waals surface area contributed by atoms with Gasteiger partial charge in [0, 0.05) is 12.6 Å². The average molecular weight is 242 g/mol. The molecule has 0 aromatic rings. The summed E-state index contributed by atoms with van der Waals surface area (Å²) in [5.41, 5.74) is 0. The van der Waals surface area contributed by atoms with Crippen molar-refractivity contribution in [1.29, 1.82) is 0 Å². The van der Waals surface area contributed by atoms with Crippen LogP contribution in [0, 0.1) is 0 Å². The first-order valence-electron chi connectivity index (χ1n) is 5.79. The largest absolute Gasteiger partial charge is 0.480 e.